The fourth-order valence-electron chi connectivity index (χ4n) is 1.73. The summed E-state index contributed by atoms with van der Waals surface area (Å²) in [5.74, 6) is 0. The van der Waals surface area contributed by atoms with Gasteiger partial charge in [-0.1, -0.05) is 11.6 Å². The summed E-state index contributed by atoms with van der Waals surface area (Å²) in [5.41, 5.74) is 1.94. The number of aromatic nitrogens is 1. The van der Waals surface area contributed by atoms with E-state index in [9.17, 15) is 8.42 Å². The van der Waals surface area contributed by atoms with Crippen LogP contribution in [-0.4, -0.2) is 13.4 Å². The molecule has 0 unspecified atom stereocenters. The zero-order chi connectivity index (χ0) is 15.5. The molecule has 5 nitrogen and oxygen atoms in total. The molecular weight excluding hydrogens is 310 g/mol. The summed E-state index contributed by atoms with van der Waals surface area (Å²) < 4.78 is 27.0. The molecule has 0 amide bonds. The van der Waals surface area contributed by atoms with E-state index >= 15 is 0 Å². The van der Waals surface area contributed by atoms with Gasteiger partial charge in [0.05, 0.1) is 16.7 Å². The summed E-state index contributed by atoms with van der Waals surface area (Å²) in [5, 5.41) is 8.92. The summed E-state index contributed by atoms with van der Waals surface area (Å²) in [6, 6.07) is 7.75. The Morgan fingerprint density at radius 2 is 2.14 bits per heavy atom. The average Bonchev–Trinajstić information content (AvgIpc) is 2.47. The van der Waals surface area contributed by atoms with Gasteiger partial charge >= 0.3 is 0 Å². The van der Waals surface area contributed by atoms with Crippen LogP contribution in [-0.2, 0) is 16.6 Å². The molecule has 2 rings (SSSR count). The zero-order valence-corrected chi connectivity index (χ0v) is 12.7. The summed E-state index contributed by atoms with van der Waals surface area (Å²) >= 11 is 5.91. The quantitative estimate of drug-likeness (QED) is 0.937. The van der Waals surface area contributed by atoms with Gasteiger partial charge in [0.2, 0.25) is 10.0 Å². The normalized spacial score (nSPS) is 11.1. The maximum atomic E-state index is 12.3. The van der Waals surface area contributed by atoms with Gasteiger partial charge in [0.25, 0.3) is 0 Å². The van der Waals surface area contributed by atoms with Gasteiger partial charge in [-0.05, 0) is 42.3 Å². The minimum absolute atomic E-state index is 0.0768. The van der Waals surface area contributed by atoms with E-state index in [0.717, 1.165) is 11.1 Å². The molecule has 21 heavy (non-hydrogen) atoms. The van der Waals surface area contributed by atoms with Gasteiger partial charge in [0.15, 0.2) is 0 Å². The highest BCUT2D eigenvalue weighted by Crippen LogP contribution is 2.22. The Bertz CT molecular complexity index is 813. The number of benzene rings is 1. The van der Waals surface area contributed by atoms with Gasteiger partial charge in [0.1, 0.15) is 4.90 Å². The highest BCUT2D eigenvalue weighted by Gasteiger charge is 2.18. The van der Waals surface area contributed by atoms with Crippen LogP contribution < -0.4 is 4.72 Å². The lowest BCUT2D eigenvalue weighted by Crippen LogP contribution is -2.24. The molecule has 0 aliphatic heterocycles. The largest absolute Gasteiger partial charge is 0.264 e. The minimum atomic E-state index is -3.79. The maximum absolute atomic E-state index is 12.3. The third kappa shape index (κ3) is 3.58. The van der Waals surface area contributed by atoms with Crippen LogP contribution in [0, 0.1) is 18.3 Å². The summed E-state index contributed by atoms with van der Waals surface area (Å²) in [7, 11) is -3.79. The molecule has 0 radical (unpaired) electrons. The van der Waals surface area contributed by atoms with Crippen molar-refractivity contribution in [2.75, 3.05) is 0 Å². The Morgan fingerprint density at radius 3 is 2.81 bits per heavy atom. The van der Waals surface area contributed by atoms with Crippen molar-refractivity contribution in [3.05, 3.63) is 58.4 Å². The number of pyridine rings is 1. The lowest BCUT2D eigenvalue weighted by atomic mass is 10.2. The fourth-order valence-corrected chi connectivity index (χ4v) is 3.26. The molecule has 0 aliphatic carbocycles. The van der Waals surface area contributed by atoms with E-state index in [-0.39, 0.29) is 22.0 Å². The molecule has 0 saturated carbocycles. The first-order chi connectivity index (χ1) is 9.94. The van der Waals surface area contributed by atoms with Crippen LogP contribution in [0.3, 0.4) is 0 Å². The number of aryl methyl sites for hydroxylation is 1. The van der Waals surface area contributed by atoms with Crippen molar-refractivity contribution in [1.29, 1.82) is 5.26 Å². The number of hydrogen-bond acceptors (Lipinski definition) is 4. The van der Waals surface area contributed by atoms with Gasteiger partial charge in [0, 0.05) is 18.9 Å². The molecule has 2 aromatic rings. The molecule has 0 spiro atoms. The van der Waals surface area contributed by atoms with Crippen molar-refractivity contribution in [2.24, 2.45) is 0 Å². The highest BCUT2D eigenvalue weighted by molar-refractivity contribution is 7.89. The van der Waals surface area contributed by atoms with E-state index < -0.39 is 10.0 Å². The standard InChI is InChI=1S/C14H12ClN3O2S/c1-10-8-17-5-4-12(10)9-18-21(19,20)14-6-11(7-16)2-3-13(14)15/h2-6,8,18H,9H2,1H3. The molecule has 0 fully saturated rings. The number of halogens is 1. The van der Waals surface area contributed by atoms with Crippen molar-refractivity contribution in [3.63, 3.8) is 0 Å². The molecule has 0 bridgehead atoms. The predicted octanol–water partition coefficient (Wildman–Crippen LogP) is 2.39. The predicted molar refractivity (Wildman–Crippen MR) is 79.2 cm³/mol. The van der Waals surface area contributed by atoms with Crippen molar-refractivity contribution in [1.82, 2.24) is 9.71 Å². The number of hydrogen-bond donors (Lipinski definition) is 1. The summed E-state index contributed by atoms with van der Waals surface area (Å²) in [6.07, 6.45) is 3.26. The number of nitriles is 1. The molecule has 1 aromatic heterocycles. The lowest BCUT2D eigenvalue weighted by molar-refractivity contribution is 0.581. The average molecular weight is 322 g/mol. The molecule has 0 saturated heterocycles. The number of sulfonamides is 1. The van der Waals surface area contributed by atoms with E-state index in [2.05, 4.69) is 9.71 Å². The van der Waals surface area contributed by atoms with Crippen LogP contribution in [0.4, 0.5) is 0 Å². The van der Waals surface area contributed by atoms with Crippen molar-refractivity contribution < 1.29 is 8.42 Å². The van der Waals surface area contributed by atoms with Gasteiger partial charge < -0.3 is 0 Å². The SMILES string of the molecule is Cc1cnccc1CNS(=O)(=O)c1cc(C#N)ccc1Cl. The zero-order valence-electron chi connectivity index (χ0n) is 11.2. The second kappa shape index (κ2) is 6.22. The fraction of sp³-hybridized carbons (Fsp3) is 0.143. The molecule has 0 atom stereocenters. The smallest absolute Gasteiger partial charge is 0.242 e. The van der Waals surface area contributed by atoms with Crippen LogP contribution >= 0.6 is 11.6 Å². The van der Waals surface area contributed by atoms with Crippen molar-refractivity contribution in [2.45, 2.75) is 18.4 Å². The van der Waals surface area contributed by atoms with Gasteiger partial charge in [-0.15, -0.1) is 0 Å². The summed E-state index contributed by atoms with van der Waals surface area (Å²) in [6.45, 7) is 1.98. The molecule has 108 valence electrons. The van der Waals surface area contributed by atoms with Crippen molar-refractivity contribution >= 4 is 21.6 Å². The van der Waals surface area contributed by atoms with Gasteiger partial charge in [-0.2, -0.15) is 5.26 Å². The monoisotopic (exact) mass is 321 g/mol. The number of nitrogens with zero attached hydrogens (tertiary/aromatic N) is 2. The first kappa shape index (κ1) is 15.4. The second-order valence-corrected chi connectivity index (χ2v) is 6.53. The minimum Gasteiger partial charge on any atom is -0.264 e. The first-order valence-corrected chi connectivity index (χ1v) is 7.89. The highest BCUT2D eigenvalue weighted by atomic mass is 35.5. The van der Waals surface area contributed by atoms with Crippen LogP contribution in [0.15, 0.2) is 41.6 Å². The number of nitrogens with one attached hydrogen (secondary N) is 1. The van der Waals surface area contributed by atoms with Gasteiger partial charge in [-0.25, -0.2) is 13.1 Å². The van der Waals surface area contributed by atoms with Crippen LogP contribution in [0.1, 0.15) is 16.7 Å². The van der Waals surface area contributed by atoms with E-state index in [1.54, 1.807) is 18.5 Å². The van der Waals surface area contributed by atoms with Crippen LogP contribution in [0.2, 0.25) is 5.02 Å². The maximum Gasteiger partial charge on any atom is 0.242 e. The van der Waals surface area contributed by atoms with Gasteiger partial charge in [-0.3, -0.25) is 4.98 Å². The Labute approximate surface area is 128 Å². The molecule has 0 aliphatic rings. The Balaban J connectivity index is 2.28. The van der Waals surface area contributed by atoms with E-state index in [0.29, 0.717) is 0 Å². The Morgan fingerprint density at radius 1 is 1.38 bits per heavy atom. The van der Waals surface area contributed by atoms with Crippen LogP contribution in [0.25, 0.3) is 0 Å². The van der Waals surface area contributed by atoms with Crippen molar-refractivity contribution in [3.8, 4) is 6.07 Å². The van der Waals surface area contributed by atoms with Crippen LogP contribution in [0.5, 0.6) is 0 Å². The third-order valence-electron chi connectivity index (χ3n) is 2.94. The third-order valence-corrected chi connectivity index (χ3v) is 4.82. The lowest BCUT2D eigenvalue weighted by Gasteiger charge is -2.10. The first-order valence-electron chi connectivity index (χ1n) is 6.03. The topological polar surface area (TPSA) is 82.8 Å². The molecule has 7 heteroatoms. The molecule has 1 heterocycles. The number of rotatable bonds is 4. The molecular formula is C14H12ClN3O2S. The van der Waals surface area contributed by atoms with E-state index in [1.807, 2.05) is 13.0 Å². The Kier molecular flexibility index (Phi) is 4.58. The molecule has 1 aromatic carbocycles. The second-order valence-electron chi connectivity index (χ2n) is 4.38. The van der Waals surface area contributed by atoms with E-state index in [4.69, 9.17) is 16.9 Å². The molecule has 1 N–H and O–H groups in total. The Hall–Kier alpha value is -1.94. The summed E-state index contributed by atoms with van der Waals surface area (Å²) in [4.78, 5) is 3.85. The van der Waals surface area contributed by atoms with E-state index in [1.165, 1.54) is 18.2 Å².